The topological polar surface area (TPSA) is 82.9 Å². The molecule has 1 aromatic carbocycles. The number of Topliss-reactive ketones (excluding diaryl/α,β-unsaturated/α-hetero) is 1. The van der Waals surface area contributed by atoms with E-state index in [4.69, 9.17) is 9.47 Å². The number of halogens is 1. The molecule has 1 aromatic rings. The lowest BCUT2D eigenvalue weighted by Crippen LogP contribution is -2.51. The molecule has 1 aliphatic carbocycles. The van der Waals surface area contributed by atoms with Crippen LogP contribution in [-0.2, 0) is 20.7 Å². The molecule has 3 saturated heterocycles. The van der Waals surface area contributed by atoms with Gasteiger partial charge in [0.1, 0.15) is 11.4 Å². The molecule has 0 aromatic heterocycles. The van der Waals surface area contributed by atoms with E-state index in [1.807, 2.05) is 26.8 Å². The Morgan fingerprint density at radius 2 is 1.97 bits per heavy atom. The van der Waals surface area contributed by atoms with Gasteiger partial charge < -0.3 is 14.4 Å². The van der Waals surface area contributed by atoms with Crippen molar-refractivity contribution in [2.24, 2.45) is 23.7 Å². The maximum absolute atomic E-state index is 15.1. The predicted molar refractivity (Wildman–Crippen MR) is 136 cm³/mol. The van der Waals surface area contributed by atoms with E-state index in [9.17, 15) is 14.9 Å². The third kappa shape index (κ3) is 5.47. The van der Waals surface area contributed by atoms with Crippen molar-refractivity contribution in [3.05, 3.63) is 29.6 Å². The van der Waals surface area contributed by atoms with E-state index in [0.717, 1.165) is 57.7 Å². The number of likely N-dealkylation sites (tertiary alicyclic amines) is 1. The molecule has 8 heteroatoms. The van der Waals surface area contributed by atoms with Crippen LogP contribution in [0.2, 0.25) is 0 Å². The molecule has 0 spiro atoms. The Balaban J connectivity index is 1.23. The molecule has 2 bridgehead atoms. The predicted octanol–water partition coefficient (Wildman–Crippen LogP) is 4.73. The lowest BCUT2D eigenvalue weighted by molar-refractivity contribution is -0.126. The molecular formula is C29H38FN3O4. The summed E-state index contributed by atoms with van der Waals surface area (Å²) in [5.74, 6) is 0.0920. The highest BCUT2D eigenvalue weighted by Crippen LogP contribution is 2.44. The molecule has 3 heterocycles. The van der Waals surface area contributed by atoms with Crippen LogP contribution in [0, 0.1) is 40.8 Å². The number of piperidine rings is 2. The first-order chi connectivity index (χ1) is 17.6. The van der Waals surface area contributed by atoms with Crippen LogP contribution in [-0.4, -0.2) is 60.8 Å². The van der Waals surface area contributed by atoms with E-state index in [2.05, 4.69) is 11.0 Å². The summed E-state index contributed by atoms with van der Waals surface area (Å²) in [4.78, 5) is 30.1. The lowest BCUT2D eigenvalue weighted by Gasteiger charge is -2.36. The van der Waals surface area contributed by atoms with Crippen molar-refractivity contribution >= 4 is 17.6 Å². The van der Waals surface area contributed by atoms with Crippen LogP contribution in [0.1, 0.15) is 58.4 Å². The smallest absolute Gasteiger partial charge is 0.411 e. The summed E-state index contributed by atoms with van der Waals surface area (Å²) >= 11 is 0. The van der Waals surface area contributed by atoms with Gasteiger partial charge in [0.25, 0.3) is 0 Å². The molecule has 1 amide bonds. The van der Waals surface area contributed by atoms with Crippen LogP contribution in [0.5, 0.6) is 0 Å². The second-order valence-electron chi connectivity index (χ2n) is 12.3. The summed E-state index contributed by atoms with van der Waals surface area (Å²) in [5.41, 5.74) is 0.650. The molecule has 200 valence electrons. The molecule has 2 unspecified atom stereocenters. The summed E-state index contributed by atoms with van der Waals surface area (Å²) < 4.78 is 26.3. The number of hydrogen-bond acceptors (Lipinski definition) is 6. The highest BCUT2D eigenvalue weighted by Gasteiger charge is 2.52. The molecule has 6 atom stereocenters. The highest BCUT2D eigenvalue weighted by atomic mass is 19.1. The molecule has 3 aliphatic heterocycles. The summed E-state index contributed by atoms with van der Waals surface area (Å²) in [6, 6.07) is 6.90. The average molecular weight is 512 g/mol. The highest BCUT2D eigenvalue weighted by molar-refractivity contribution is 5.89. The Kier molecular flexibility index (Phi) is 7.19. The maximum Gasteiger partial charge on any atom is 0.411 e. The lowest BCUT2D eigenvalue weighted by atomic mass is 9.87. The minimum atomic E-state index is -0.654. The fourth-order valence-electron chi connectivity index (χ4n) is 6.77. The zero-order valence-electron chi connectivity index (χ0n) is 22.1. The fraction of sp³-hybridized carbons (Fsp3) is 0.690. The van der Waals surface area contributed by atoms with Crippen LogP contribution in [0.3, 0.4) is 0 Å². The zero-order valence-corrected chi connectivity index (χ0v) is 22.1. The van der Waals surface area contributed by atoms with Crippen LogP contribution < -0.4 is 4.90 Å². The number of fused-ring (bicyclic) bond motifs is 3. The Hall–Kier alpha value is -2.66. The number of rotatable bonds is 6. The van der Waals surface area contributed by atoms with Gasteiger partial charge in [0.05, 0.1) is 24.6 Å². The van der Waals surface area contributed by atoms with Crippen molar-refractivity contribution in [2.45, 2.75) is 77.0 Å². The van der Waals surface area contributed by atoms with Crippen LogP contribution in [0.15, 0.2) is 18.2 Å². The molecule has 1 saturated carbocycles. The average Bonchev–Trinajstić information content (AvgIpc) is 3.59. The number of carbonyl (C=O) groups excluding carboxylic acids is 2. The van der Waals surface area contributed by atoms with Gasteiger partial charge in [-0.05, 0) is 82.4 Å². The van der Waals surface area contributed by atoms with Gasteiger partial charge in [-0.1, -0.05) is 6.07 Å². The van der Waals surface area contributed by atoms with Gasteiger partial charge in [-0.15, -0.1) is 0 Å². The number of amides is 1. The van der Waals surface area contributed by atoms with Crippen LogP contribution >= 0.6 is 0 Å². The van der Waals surface area contributed by atoms with E-state index in [-0.39, 0.29) is 36.4 Å². The minimum absolute atomic E-state index is 0.0000688. The van der Waals surface area contributed by atoms with Gasteiger partial charge in [0.2, 0.25) is 0 Å². The first-order valence-corrected chi connectivity index (χ1v) is 13.7. The number of ether oxygens (including phenoxy) is 2. The number of nitriles is 1. The van der Waals surface area contributed by atoms with E-state index in [1.165, 1.54) is 0 Å². The number of carbonyl (C=O) groups is 2. The summed E-state index contributed by atoms with van der Waals surface area (Å²) in [6.07, 6.45) is 3.33. The Morgan fingerprint density at radius 3 is 2.70 bits per heavy atom. The second kappa shape index (κ2) is 10.2. The summed E-state index contributed by atoms with van der Waals surface area (Å²) in [5, 5.41) is 9.83. The van der Waals surface area contributed by atoms with Crippen LogP contribution in [0.4, 0.5) is 14.9 Å². The summed E-state index contributed by atoms with van der Waals surface area (Å²) in [7, 11) is 0. The van der Waals surface area contributed by atoms with Crippen molar-refractivity contribution < 1.29 is 23.5 Å². The second-order valence-corrected chi connectivity index (χ2v) is 12.3. The number of hydrogen-bond donors (Lipinski definition) is 0. The third-order valence-electron chi connectivity index (χ3n) is 8.57. The van der Waals surface area contributed by atoms with Crippen molar-refractivity contribution in [1.82, 2.24) is 4.90 Å². The number of ketones is 1. The Morgan fingerprint density at radius 1 is 1.19 bits per heavy atom. The van der Waals surface area contributed by atoms with Gasteiger partial charge in [0.15, 0.2) is 5.78 Å². The number of benzene rings is 1. The maximum atomic E-state index is 15.1. The number of anilines is 1. The quantitative estimate of drug-likeness (QED) is 0.549. The molecular weight excluding hydrogens is 473 g/mol. The molecule has 0 radical (unpaired) electrons. The normalized spacial score (nSPS) is 29.6. The largest absolute Gasteiger partial charge is 0.444 e. The zero-order chi connectivity index (χ0) is 26.3. The van der Waals surface area contributed by atoms with E-state index in [0.29, 0.717) is 17.4 Å². The van der Waals surface area contributed by atoms with Crippen molar-refractivity contribution in [3.8, 4) is 6.07 Å². The minimum Gasteiger partial charge on any atom is -0.444 e. The Labute approximate surface area is 218 Å². The molecule has 4 aliphatic rings. The molecule has 0 N–H and O–H groups in total. The first-order valence-electron chi connectivity index (χ1n) is 13.7. The van der Waals surface area contributed by atoms with Gasteiger partial charge >= 0.3 is 6.09 Å². The standard InChI is InChI=1S/C29H38FN3O4/c1-29(2,3)37-28(35)33-24-7-5-20(12-24)27(33)26(34)11-18(14-31)10-19-4-6-23(13-25(19)30)32-9-8-21-16-36-17-22(21)15-32/h4,6,13,18,20-22,24,27H,5,7-12,15-17H2,1-3H3/t18-,20+,21?,22?,24-,27+/m1/s1. The van der Waals surface area contributed by atoms with Gasteiger partial charge in [-0.3, -0.25) is 9.69 Å². The van der Waals surface area contributed by atoms with Crippen molar-refractivity contribution in [3.63, 3.8) is 0 Å². The van der Waals surface area contributed by atoms with Crippen molar-refractivity contribution in [2.75, 3.05) is 31.2 Å². The fourth-order valence-corrected chi connectivity index (χ4v) is 6.77. The van der Waals surface area contributed by atoms with E-state index in [1.54, 1.807) is 17.0 Å². The van der Waals surface area contributed by atoms with Gasteiger partial charge in [-0.25, -0.2) is 9.18 Å². The third-order valence-corrected chi connectivity index (χ3v) is 8.57. The monoisotopic (exact) mass is 511 g/mol. The number of nitrogens with zero attached hydrogens (tertiary/aromatic N) is 3. The molecule has 5 rings (SSSR count). The van der Waals surface area contributed by atoms with E-state index < -0.39 is 23.7 Å². The first kappa shape index (κ1) is 26.0. The summed E-state index contributed by atoms with van der Waals surface area (Å²) in [6.45, 7) is 8.80. The van der Waals surface area contributed by atoms with Gasteiger partial charge in [-0.2, -0.15) is 5.26 Å². The molecule has 37 heavy (non-hydrogen) atoms. The Bertz CT molecular complexity index is 1080. The van der Waals surface area contributed by atoms with Crippen LogP contribution in [0.25, 0.3) is 0 Å². The van der Waals surface area contributed by atoms with Gasteiger partial charge in [0, 0.05) is 43.8 Å². The van der Waals surface area contributed by atoms with Crippen molar-refractivity contribution in [1.29, 1.82) is 5.26 Å². The van der Waals surface area contributed by atoms with E-state index >= 15 is 4.39 Å². The molecule has 7 nitrogen and oxygen atoms in total. The SMILES string of the molecule is CC(C)(C)OC(=O)N1[C@@H]2CC[C@@H](C2)[C@H]1C(=O)C[C@H](C#N)Cc1ccc(N2CCC3COCC3C2)cc1F. The molecule has 4 fully saturated rings.